The van der Waals surface area contributed by atoms with Crippen molar-refractivity contribution in [1.29, 1.82) is 0 Å². The van der Waals surface area contributed by atoms with Crippen LogP contribution in [-0.4, -0.2) is 30.8 Å². The highest BCUT2D eigenvalue weighted by Gasteiger charge is 2.30. The van der Waals surface area contributed by atoms with E-state index in [4.69, 9.17) is 4.84 Å². The van der Waals surface area contributed by atoms with Crippen LogP contribution in [0.15, 0.2) is 0 Å². The van der Waals surface area contributed by atoms with E-state index >= 15 is 0 Å². The Labute approximate surface area is 80.9 Å². The number of amides is 2. The predicted octanol–water partition coefficient (Wildman–Crippen LogP) is -0.305. The first-order chi connectivity index (χ1) is 6.75. The highest BCUT2D eigenvalue weighted by atomic mass is 16.7. The van der Waals surface area contributed by atoms with E-state index in [-0.39, 0.29) is 12.6 Å². The fourth-order valence-electron chi connectivity index (χ4n) is 1.23. The minimum Gasteiger partial charge on any atom is -0.434 e. The van der Waals surface area contributed by atoms with Gasteiger partial charge < -0.3 is 10.1 Å². The second-order valence-corrected chi connectivity index (χ2v) is 3.41. The van der Waals surface area contributed by atoms with E-state index in [9.17, 15) is 9.59 Å². The topological polar surface area (TPSA) is 76.7 Å². The minimum absolute atomic E-state index is 0.129. The molecule has 0 aromatic heterocycles. The SMILES string of the molecule is O=C1NC[C@@H](C(=O)NOC2CCC2)O1. The zero-order valence-electron chi connectivity index (χ0n) is 7.62. The molecule has 2 rings (SSSR count). The Morgan fingerprint density at radius 1 is 1.57 bits per heavy atom. The third-order valence-corrected chi connectivity index (χ3v) is 2.35. The molecule has 2 fully saturated rings. The van der Waals surface area contributed by atoms with Gasteiger partial charge in [0.15, 0.2) is 0 Å². The number of rotatable bonds is 3. The number of hydroxylamine groups is 1. The molecular weight excluding hydrogens is 188 g/mol. The minimum atomic E-state index is -0.762. The quantitative estimate of drug-likeness (QED) is 0.613. The Morgan fingerprint density at radius 2 is 2.36 bits per heavy atom. The summed E-state index contributed by atoms with van der Waals surface area (Å²) >= 11 is 0. The van der Waals surface area contributed by atoms with Gasteiger partial charge in [-0.1, -0.05) is 0 Å². The van der Waals surface area contributed by atoms with E-state index in [1.54, 1.807) is 0 Å². The van der Waals surface area contributed by atoms with Gasteiger partial charge in [-0.3, -0.25) is 9.63 Å². The predicted molar refractivity (Wildman–Crippen MR) is 45.1 cm³/mol. The Hall–Kier alpha value is -1.30. The van der Waals surface area contributed by atoms with Gasteiger partial charge in [0.05, 0.1) is 12.6 Å². The van der Waals surface area contributed by atoms with Crippen LogP contribution in [0.5, 0.6) is 0 Å². The smallest absolute Gasteiger partial charge is 0.408 e. The monoisotopic (exact) mass is 200 g/mol. The summed E-state index contributed by atoms with van der Waals surface area (Å²) in [5.74, 6) is -0.407. The summed E-state index contributed by atoms with van der Waals surface area (Å²) in [5.41, 5.74) is 2.29. The summed E-state index contributed by atoms with van der Waals surface area (Å²) in [6, 6.07) is 0. The number of nitrogens with one attached hydrogen (secondary N) is 2. The zero-order valence-corrected chi connectivity index (χ0v) is 7.62. The fourth-order valence-corrected chi connectivity index (χ4v) is 1.23. The number of ether oxygens (including phenoxy) is 1. The van der Waals surface area contributed by atoms with Crippen LogP contribution in [0.4, 0.5) is 4.79 Å². The average molecular weight is 200 g/mol. The van der Waals surface area contributed by atoms with Gasteiger partial charge in [0.25, 0.3) is 5.91 Å². The van der Waals surface area contributed by atoms with E-state index in [0.29, 0.717) is 0 Å². The molecule has 1 aliphatic carbocycles. The highest BCUT2D eigenvalue weighted by molar-refractivity contribution is 5.85. The summed E-state index contributed by atoms with van der Waals surface area (Å²) in [6.45, 7) is 0.207. The van der Waals surface area contributed by atoms with Crippen LogP contribution in [-0.2, 0) is 14.4 Å². The molecule has 0 aromatic carbocycles. The normalized spacial score (nSPS) is 26.3. The van der Waals surface area contributed by atoms with Gasteiger partial charge in [0, 0.05) is 0 Å². The molecule has 1 atom stereocenters. The summed E-state index contributed by atoms with van der Waals surface area (Å²) in [5, 5.41) is 2.39. The Morgan fingerprint density at radius 3 is 2.86 bits per heavy atom. The Bertz CT molecular complexity index is 252. The van der Waals surface area contributed by atoms with Crippen LogP contribution in [0, 0.1) is 0 Å². The van der Waals surface area contributed by atoms with Crippen molar-refractivity contribution in [2.24, 2.45) is 0 Å². The molecule has 6 heteroatoms. The lowest BCUT2D eigenvalue weighted by Gasteiger charge is -2.25. The molecule has 1 aliphatic heterocycles. The molecule has 6 nitrogen and oxygen atoms in total. The molecule has 0 unspecified atom stereocenters. The Kier molecular flexibility index (Phi) is 2.53. The van der Waals surface area contributed by atoms with Gasteiger partial charge in [0.2, 0.25) is 6.10 Å². The van der Waals surface area contributed by atoms with Crippen LogP contribution in [0.3, 0.4) is 0 Å². The van der Waals surface area contributed by atoms with Gasteiger partial charge in [-0.2, -0.15) is 0 Å². The van der Waals surface area contributed by atoms with Crippen molar-refractivity contribution < 1.29 is 19.2 Å². The second-order valence-electron chi connectivity index (χ2n) is 3.41. The molecule has 78 valence electrons. The maximum atomic E-state index is 11.3. The lowest BCUT2D eigenvalue weighted by atomic mass is 9.97. The molecule has 2 aliphatic rings. The van der Waals surface area contributed by atoms with Crippen molar-refractivity contribution in [3.63, 3.8) is 0 Å². The molecule has 0 radical (unpaired) electrons. The fraction of sp³-hybridized carbons (Fsp3) is 0.750. The van der Waals surface area contributed by atoms with Crippen molar-refractivity contribution in [1.82, 2.24) is 10.8 Å². The molecule has 1 saturated carbocycles. The first kappa shape index (κ1) is 9.26. The van der Waals surface area contributed by atoms with Crippen LogP contribution < -0.4 is 10.8 Å². The largest absolute Gasteiger partial charge is 0.434 e. The van der Waals surface area contributed by atoms with Gasteiger partial charge in [-0.25, -0.2) is 10.3 Å². The van der Waals surface area contributed by atoms with Crippen molar-refractivity contribution in [3.05, 3.63) is 0 Å². The molecule has 1 saturated heterocycles. The Balaban J connectivity index is 1.69. The van der Waals surface area contributed by atoms with Crippen molar-refractivity contribution in [2.75, 3.05) is 6.54 Å². The molecule has 0 bridgehead atoms. The number of alkyl carbamates (subject to hydrolysis) is 1. The first-order valence-corrected chi connectivity index (χ1v) is 4.65. The lowest BCUT2D eigenvalue weighted by Crippen LogP contribution is -2.40. The zero-order chi connectivity index (χ0) is 9.97. The second kappa shape index (κ2) is 3.83. The van der Waals surface area contributed by atoms with E-state index in [0.717, 1.165) is 19.3 Å². The molecule has 0 spiro atoms. The molecule has 2 N–H and O–H groups in total. The summed E-state index contributed by atoms with van der Waals surface area (Å²) in [6.07, 6.45) is 1.90. The number of hydrogen-bond acceptors (Lipinski definition) is 4. The van der Waals surface area contributed by atoms with Crippen LogP contribution in [0.1, 0.15) is 19.3 Å². The molecular formula is C8H12N2O4. The van der Waals surface area contributed by atoms with E-state index in [2.05, 4.69) is 15.5 Å². The summed E-state index contributed by atoms with van der Waals surface area (Å²) in [4.78, 5) is 27.0. The summed E-state index contributed by atoms with van der Waals surface area (Å²) < 4.78 is 4.66. The molecule has 1 heterocycles. The van der Waals surface area contributed by atoms with Crippen molar-refractivity contribution in [2.45, 2.75) is 31.5 Å². The molecule has 0 aromatic rings. The van der Waals surface area contributed by atoms with Gasteiger partial charge in [0.1, 0.15) is 0 Å². The van der Waals surface area contributed by atoms with Crippen molar-refractivity contribution >= 4 is 12.0 Å². The van der Waals surface area contributed by atoms with Gasteiger partial charge in [-0.05, 0) is 19.3 Å². The highest BCUT2D eigenvalue weighted by Crippen LogP contribution is 2.20. The van der Waals surface area contributed by atoms with Crippen LogP contribution in [0.25, 0.3) is 0 Å². The average Bonchev–Trinajstić information content (AvgIpc) is 2.49. The summed E-state index contributed by atoms with van der Waals surface area (Å²) in [7, 11) is 0. The standard InChI is InChI=1S/C8H12N2O4/c11-7(6-4-9-8(12)13-6)10-14-5-2-1-3-5/h5-6H,1-4H2,(H,9,12)(H,10,11)/t6-/m0/s1. The van der Waals surface area contributed by atoms with E-state index < -0.39 is 18.1 Å². The molecule has 14 heavy (non-hydrogen) atoms. The first-order valence-electron chi connectivity index (χ1n) is 4.65. The number of carbonyl (C=O) groups is 2. The number of cyclic esters (lactones) is 1. The maximum absolute atomic E-state index is 11.3. The lowest BCUT2D eigenvalue weighted by molar-refractivity contribution is -0.149. The van der Waals surface area contributed by atoms with Gasteiger partial charge in [-0.15, -0.1) is 0 Å². The third-order valence-electron chi connectivity index (χ3n) is 2.35. The van der Waals surface area contributed by atoms with Crippen LogP contribution >= 0.6 is 0 Å². The number of carbonyl (C=O) groups excluding carboxylic acids is 2. The van der Waals surface area contributed by atoms with E-state index in [1.807, 2.05) is 0 Å². The molecule has 2 amide bonds. The van der Waals surface area contributed by atoms with E-state index in [1.165, 1.54) is 0 Å². The van der Waals surface area contributed by atoms with Crippen LogP contribution in [0.2, 0.25) is 0 Å². The maximum Gasteiger partial charge on any atom is 0.408 e. The van der Waals surface area contributed by atoms with Crippen molar-refractivity contribution in [3.8, 4) is 0 Å². The van der Waals surface area contributed by atoms with Gasteiger partial charge >= 0.3 is 6.09 Å². The number of hydrogen-bond donors (Lipinski definition) is 2. The third kappa shape index (κ3) is 1.95.